The molecule has 0 aromatic carbocycles. The highest BCUT2D eigenvalue weighted by atomic mass is 31.2. The van der Waals surface area contributed by atoms with Crippen molar-refractivity contribution < 1.29 is 13.6 Å². The van der Waals surface area contributed by atoms with Gasteiger partial charge in [0.05, 0.1) is 19.8 Å². The quantitative estimate of drug-likeness (QED) is 0.293. The third kappa shape index (κ3) is 11.8. The van der Waals surface area contributed by atoms with E-state index in [0.717, 1.165) is 13.2 Å². The van der Waals surface area contributed by atoms with E-state index in [9.17, 15) is 0 Å². The molecule has 0 fully saturated rings. The topological polar surface area (TPSA) is 27.7 Å². The Kier molecular flexibility index (Phi) is 16.4. The van der Waals surface area contributed by atoms with Gasteiger partial charge in [0.1, 0.15) is 0 Å². The van der Waals surface area contributed by atoms with E-state index in [2.05, 4.69) is 27.7 Å². The summed E-state index contributed by atoms with van der Waals surface area (Å²) in [5.41, 5.74) is 0. The van der Waals surface area contributed by atoms with E-state index in [1.54, 1.807) is 0 Å². The van der Waals surface area contributed by atoms with E-state index in [1.165, 1.54) is 51.4 Å². The fourth-order valence-electron chi connectivity index (χ4n) is 2.35. The molecule has 0 aromatic heterocycles. The molecule has 0 N–H and O–H groups in total. The van der Waals surface area contributed by atoms with Crippen LogP contribution in [0.1, 0.15) is 86.0 Å². The fraction of sp³-hybridized carbons (Fsp3) is 1.00. The summed E-state index contributed by atoms with van der Waals surface area (Å²) < 4.78 is 17.6. The van der Waals surface area contributed by atoms with Crippen molar-refractivity contribution in [3.8, 4) is 0 Å². The van der Waals surface area contributed by atoms with Gasteiger partial charge in [-0.3, -0.25) is 0 Å². The van der Waals surface area contributed by atoms with Crippen LogP contribution in [0.3, 0.4) is 0 Å². The summed E-state index contributed by atoms with van der Waals surface area (Å²) in [5, 5.41) is 0. The van der Waals surface area contributed by atoms with Gasteiger partial charge in [0.2, 0.25) is 0 Å². The molecule has 22 heavy (non-hydrogen) atoms. The van der Waals surface area contributed by atoms with Crippen LogP contribution in [0.5, 0.6) is 0 Å². The Balaban J connectivity index is 4.11. The highest BCUT2D eigenvalue weighted by Gasteiger charge is 2.17. The maximum atomic E-state index is 5.95. The molecule has 0 spiro atoms. The second-order valence-corrected chi connectivity index (χ2v) is 7.29. The van der Waals surface area contributed by atoms with Gasteiger partial charge in [-0.2, -0.15) is 0 Å². The molecule has 0 saturated carbocycles. The molecular weight excluding hydrogens is 295 g/mol. The molecular formula is C18H39O3P. The number of unbranched alkanes of at least 4 members (excludes halogenated alkanes) is 2. The molecule has 0 aromatic rings. The normalized spacial score (nSPS) is 15.7. The summed E-state index contributed by atoms with van der Waals surface area (Å²) in [6, 6.07) is 0. The Hall–Kier alpha value is 0.310. The summed E-state index contributed by atoms with van der Waals surface area (Å²) >= 11 is 0. The fourth-order valence-corrected chi connectivity index (χ4v) is 3.45. The zero-order chi connectivity index (χ0) is 16.6. The van der Waals surface area contributed by atoms with Gasteiger partial charge in [-0.1, -0.05) is 66.2 Å². The van der Waals surface area contributed by atoms with Crippen molar-refractivity contribution in [2.45, 2.75) is 86.0 Å². The predicted molar refractivity (Wildman–Crippen MR) is 97.1 cm³/mol. The van der Waals surface area contributed by atoms with Gasteiger partial charge >= 0.3 is 8.60 Å². The Morgan fingerprint density at radius 1 is 0.682 bits per heavy atom. The summed E-state index contributed by atoms with van der Waals surface area (Å²) in [4.78, 5) is 0. The summed E-state index contributed by atoms with van der Waals surface area (Å²) in [7, 11) is -1.17. The third-order valence-electron chi connectivity index (χ3n) is 4.15. The molecule has 0 aliphatic carbocycles. The Labute approximate surface area is 140 Å². The van der Waals surface area contributed by atoms with Crippen LogP contribution in [0.4, 0.5) is 0 Å². The highest BCUT2D eigenvalue weighted by Crippen LogP contribution is 2.41. The van der Waals surface area contributed by atoms with Crippen LogP contribution < -0.4 is 0 Å². The average Bonchev–Trinajstić information content (AvgIpc) is 2.54. The molecule has 3 nitrogen and oxygen atoms in total. The molecule has 0 amide bonds. The molecule has 0 aliphatic rings. The van der Waals surface area contributed by atoms with Crippen LogP contribution in [0.15, 0.2) is 0 Å². The van der Waals surface area contributed by atoms with Gasteiger partial charge in [-0.25, -0.2) is 0 Å². The van der Waals surface area contributed by atoms with E-state index in [1.807, 2.05) is 6.92 Å². The molecule has 0 heterocycles. The van der Waals surface area contributed by atoms with Gasteiger partial charge in [-0.05, 0) is 31.6 Å². The maximum Gasteiger partial charge on any atom is 0.332 e. The first-order valence-corrected chi connectivity index (χ1v) is 10.5. The van der Waals surface area contributed by atoms with E-state index >= 15 is 0 Å². The Morgan fingerprint density at radius 3 is 1.45 bits per heavy atom. The van der Waals surface area contributed by atoms with E-state index in [4.69, 9.17) is 13.6 Å². The first kappa shape index (κ1) is 22.3. The Bertz CT molecular complexity index is 206. The standard InChI is InChI=1S/C18H39O3P/c1-6-11-13-17(8-3)15-20-22(19-10-5)21-16-18(9-4)14-12-7-2/h17-18H,6-16H2,1-5H3. The van der Waals surface area contributed by atoms with Gasteiger partial charge < -0.3 is 13.6 Å². The molecule has 0 radical (unpaired) electrons. The van der Waals surface area contributed by atoms with Crippen molar-refractivity contribution in [3.63, 3.8) is 0 Å². The maximum absolute atomic E-state index is 5.95. The molecule has 0 rings (SSSR count). The number of rotatable bonds is 16. The monoisotopic (exact) mass is 334 g/mol. The van der Waals surface area contributed by atoms with Crippen LogP contribution in [-0.2, 0) is 13.6 Å². The van der Waals surface area contributed by atoms with E-state index in [0.29, 0.717) is 18.4 Å². The minimum atomic E-state index is -1.17. The zero-order valence-corrected chi connectivity index (χ0v) is 16.5. The lowest BCUT2D eigenvalue weighted by atomic mass is 10.0. The lowest BCUT2D eigenvalue weighted by Gasteiger charge is -2.22. The lowest BCUT2D eigenvalue weighted by Crippen LogP contribution is -2.11. The molecule has 0 bridgehead atoms. The van der Waals surface area contributed by atoms with Crippen molar-refractivity contribution >= 4 is 8.60 Å². The van der Waals surface area contributed by atoms with E-state index < -0.39 is 8.60 Å². The third-order valence-corrected chi connectivity index (χ3v) is 5.34. The molecule has 134 valence electrons. The van der Waals surface area contributed by atoms with Gasteiger partial charge in [0.25, 0.3) is 0 Å². The molecule has 0 aliphatic heterocycles. The number of hydrogen-bond acceptors (Lipinski definition) is 3. The van der Waals surface area contributed by atoms with E-state index in [-0.39, 0.29) is 0 Å². The smallest absolute Gasteiger partial charge is 0.313 e. The SMILES string of the molecule is CCCCC(CC)COP(OCC)OCC(CC)CCCC. The zero-order valence-electron chi connectivity index (χ0n) is 15.6. The lowest BCUT2D eigenvalue weighted by molar-refractivity contribution is 0.126. The highest BCUT2D eigenvalue weighted by molar-refractivity contribution is 7.41. The van der Waals surface area contributed by atoms with Crippen LogP contribution in [0, 0.1) is 11.8 Å². The minimum Gasteiger partial charge on any atom is -0.313 e. The molecule has 2 atom stereocenters. The molecule has 0 saturated heterocycles. The van der Waals surface area contributed by atoms with Crippen molar-refractivity contribution in [2.24, 2.45) is 11.8 Å². The second kappa shape index (κ2) is 16.2. The summed E-state index contributed by atoms with van der Waals surface area (Å²) in [6.07, 6.45) is 9.90. The first-order valence-electron chi connectivity index (χ1n) is 9.40. The van der Waals surface area contributed by atoms with Crippen molar-refractivity contribution in [1.82, 2.24) is 0 Å². The average molecular weight is 334 g/mol. The van der Waals surface area contributed by atoms with Gasteiger partial charge in [-0.15, -0.1) is 0 Å². The van der Waals surface area contributed by atoms with Crippen LogP contribution in [-0.4, -0.2) is 19.8 Å². The van der Waals surface area contributed by atoms with Crippen molar-refractivity contribution in [3.05, 3.63) is 0 Å². The predicted octanol–water partition coefficient (Wildman–Crippen LogP) is 6.72. The van der Waals surface area contributed by atoms with Crippen molar-refractivity contribution in [2.75, 3.05) is 19.8 Å². The molecule has 4 heteroatoms. The molecule has 2 unspecified atom stereocenters. The minimum absolute atomic E-state index is 0.635. The van der Waals surface area contributed by atoms with Crippen LogP contribution in [0.2, 0.25) is 0 Å². The summed E-state index contributed by atoms with van der Waals surface area (Å²) in [5.74, 6) is 1.27. The first-order chi connectivity index (χ1) is 10.7. The van der Waals surface area contributed by atoms with Crippen molar-refractivity contribution in [1.29, 1.82) is 0 Å². The van der Waals surface area contributed by atoms with Crippen LogP contribution >= 0.6 is 8.60 Å². The largest absolute Gasteiger partial charge is 0.332 e. The summed E-state index contributed by atoms with van der Waals surface area (Å²) in [6.45, 7) is 13.2. The second-order valence-electron chi connectivity index (χ2n) is 6.07. The van der Waals surface area contributed by atoms with Gasteiger partial charge in [0, 0.05) is 0 Å². The van der Waals surface area contributed by atoms with Crippen LogP contribution in [0.25, 0.3) is 0 Å². The number of hydrogen-bond donors (Lipinski definition) is 0. The van der Waals surface area contributed by atoms with Gasteiger partial charge in [0.15, 0.2) is 0 Å². The Morgan fingerprint density at radius 2 is 1.14 bits per heavy atom.